The average molecular weight is 302 g/mol. The Balaban J connectivity index is 2.18. The van der Waals surface area contributed by atoms with Gasteiger partial charge in [-0.25, -0.2) is 8.42 Å². The SMILES string of the molecule is CC1CCCC(N(C)S(=O)(=O)c2cc(CN)cs2)C1. The van der Waals surface area contributed by atoms with Crippen molar-refractivity contribution in [1.29, 1.82) is 0 Å². The van der Waals surface area contributed by atoms with Gasteiger partial charge in [-0.2, -0.15) is 4.31 Å². The van der Waals surface area contributed by atoms with Crippen LogP contribution < -0.4 is 5.73 Å². The van der Waals surface area contributed by atoms with Crippen molar-refractivity contribution in [3.05, 3.63) is 17.0 Å². The Labute approximate surface area is 119 Å². The lowest BCUT2D eigenvalue weighted by Gasteiger charge is -2.33. The maximum Gasteiger partial charge on any atom is 0.252 e. The van der Waals surface area contributed by atoms with E-state index in [4.69, 9.17) is 5.73 Å². The minimum atomic E-state index is -3.35. The summed E-state index contributed by atoms with van der Waals surface area (Å²) in [6, 6.07) is 1.83. The Hall–Kier alpha value is -0.430. The van der Waals surface area contributed by atoms with E-state index in [9.17, 15) is 8.42 Å². The molecule has 1 aromatic rings. The van der Waals surface area contributed by atoms with Gasteiger partial charge in [0.25, 0.3) is 10.0 Å². The molecule has 0 saturated heterocycles. The zero-order valence-corrected chi connectivity index (χ0v) is 13.1. The van der Waals surface area contributed by atoms with E-state index in [-0.39, 0.29) is 6.04 Å². The molecule has 1 heterocycles. The Morgan fingerprint density at radius 3 is 2.79 bits per heavy atom. The van der Waals surface area contributed by atoms with Crippen LogP contribution in [0.5, 0.6) is 0 Å². The van der Waals surface area contributed by atoms with E-state index < -0.39 is 10.0 Å². The van der Waals surface area contributed by atoms with Gasteiger partial charge in [-0.05, 0) is 35.8 Å². The molecule has 0 radical (unpaired) electrons. The quantitative estimate of drug-likeness (QED) is 0.929. The third-order valence-electron chi connectivity index (χ3n) is 3.92. The molecule has 1 aliphatic rings. The standard InChI is InChI=1S/C13H22N2O2S2/c1-10-4-3-5-12(6-10)15(2)19(16,17)13-7-11(8-14)9-18-13/h7,9-10,12H,3-6,8,14H2,1-2H3. The second-order valence-electron chi connectivity index (χ2n) is 5.42. The second-order valence-corrected chi connectivity index (χ2v) is 8.56. The molecule has 6 heteroatoms. The lowest BCUT2D eigenvalue weighted by atomic mass is 9.87. The largest absolute Gasteiger partial charge is 0.326 e. The molecule has 108 valence electrons. The van der Waals surface area contributed by atoms with Crippen molar-refractivity contribution in [2.24, 2.45) is 11.7 Å². The zero-order valence-electron chi connectivity index (χ0n) is 11.5. The van der Waals surface area contributed by atoms with E-state index in [1.54, 1.807) is 17.4 Å². The summed E-state index contributed by atoms with van der Waals surface area (Å²) in [4.78, 5) is 0. The maximum atomic E-state index is 12.6. The van der Waals surface area contributed by atoms with Crippen LogP contribution in [0.4, 0.5) is 0 Å². The summed E-state index contributed by atoms with van der Waals surface area (Å²) in [6.45, 7) is 2.58. The van der Waals surface area contributed by atoms with Crippen LogP contribution in [0.2, 0.25) is 0 Å². The number of nitrogens with two attached hydrogens (primary N) is 1. The minimum absolute atomic E-state index is 0.136. The normalized spacial score (nSPS) is 24.8. The first-order valence-corrected chi connectivity index (χ1v) is 9.02. The van der Waals surface area contributed by atoms with Gasteiger partial charge in [0.2, 0.25) is 0 Å². The highest BCUT2D eigenvalue weighted by Gasteiger charge is 2.31. The van der Waals surface area contributed by atoms with E-state index in [0.29, 0.717) is 16.7 Å². The summed E-state index contributed by atoms with van der Waals surface area (Å²) < 4.78 is 27.1. The van der Waals surface area contributed by atoms with Crippen molar-refractivity contribution in [3.63, 3.8) is 0 Å². The van der Waals surface area contributed by atoms with Crippen LogP contribution >= 0.6 is 11.3 Å². The molecule has 0 aromatic carbocycles. The van der Waals surface area contributed by atoms with Gasteiger partial charge in [0.15, 0.2) is 0 Å². The fourth-order valence-electron chi connectivity index (χ4n) is 2.67. The summed E-state index contributed by atoms with van der Waals surface area (Å²) in [7, 11) is -1.65. The third-order valence-corrected chi connectivity index (χ3v) is 7.30. The summed E-state index contributed by atoms with van der Waals surface area (Å²) in [5.41, 5.74) is 6.43. The first kappa shape index (κ1) is 15.0. The van der Waals surface area contributed by atoms with E-state index in [1.807, 2.05) is 5.38 Å². The molecule has 19 heavy (non-hydrogen) atoms. The smallest absolute Gasteiger partial charge is 0.252 e. The molecular weight excluding hydrogens is 280 g/mol. The van der Waals surface area contributed by atoms with Crippen molar-refractivity contribution in [2.45, 2.75) is 49.4 Å². The van der Waals surface area contributed by atoms with E-state index in [0.717, 1.165) is 24.8 Å². The Bertz CT molecular complexity index is 525. The molecule has 0 bridgehead atoms. The van der Waals surface area contributed by atoms with Crippen LogP contribution in [0.1, 0.15) is 38.2 Å². The maximum absolute atomic E-state index is 12.6. The molecule has 1 saturated carbocycles. The highest BCUT2D eigenvalue weighted by molar-refractivity contribution is 7.91. The second kappa shape index (κ2) is 5.91. The molecule has 0 amide bonds. The predicted octanol–water partition coefficient (Wildman–Crippen LogP) is 2.41. The molecule has 2 unspecified atom stereocenters. The first-order valence-electron chi connectivity index (χ1n) is 6.70. The number of hydrogen-bond donors (Lipinski definition) is 1. The van der Waals surface area contributed by atoms with E-state index >= 15 is 0 Å². The fourth-order valence-corrected chi connectivity index (χ4v) is 5.47. The van der Waals surface area contributed by atoms with Gasteiger partial charge < -0.3 is 5.73 Å². The van der Waals surface area contributed by atoms with E-state index in [2.05, 4.69) is 6.92 Å². The lowest BCUT2D eigenvalue weighted by molar-refractivity contribution is 0.239. The van der Waals surface area contributed by atoms with Gasteiger partial charge in [-0.1, -0.05) is 19.8 Å². The van der Waals surface area contributed by atoms with Crippen LogP contribution in [0, 0.1) is 5.92 Å². The summed E-state index contributed by atoms with van der Waals surface area (Å²) in [5, 5.41) is 1.82. The molecule has 1 aromatic heterocycles. The lowest BCUT2D eigenvalue weighted by Crippen LogP contribution is -2.39. The van der Waals surface area contributed by atoms with Gasteiger partial charge in [0, 0.05) is 19.6 Å². The van der Waals surface area contributed by atoms with E-state index in [1.165, 1.54) is 17.8 Å². The molecule has 2 rings (SSSR count). The molecule has 0 spiro atoms. The summed E-state index contributed by atoms with van der Waals surface area (Å²) in [6.07, 6.45) is 4.25. The summed E-state index contributed by atoms with van der Waals surface area (Å²) >= 11 is 1.26. The van der Waals surface area contributed by atoms with Crippen molar-refractivity contribution in [2.75, 3.05) is 7.05 Å². The van der Waals surface area contributed by atoms with Crippen LogP contribution in [-0.4, -0.2) is 25.8 Å². The number of sulfonamides is 1. The molecule has 2 N–H and O–H groups in total. The number of hydrogen-bond acceptors (Lipinski definition) is 4. The van der Waals surface area contributed by atoms with Gasteiger partial charge in [0.05, 0.1) is 0 Å². The number of thiophene rings is 1. The third kappa shape index (κ3) is 3.18. The molecular formula is C13H22N2O2S2. The Morgan fingerprint density at radius 1 is 1.47 bits per heavy atom. The van der Waals surface area contributed by atoms with Crippen LogP contribution in [0.3, 0.4) is 0 Å². The van der Waals surface area contributed by atoms with Gasteiger partial charge in [0.1, 0.15) is 4.21 Å². The molecule has 4 nitrogen and oxygen atoms in total. The average Bonchev–Trinajstić information content (AvgIpc) is 2.87. The molecule has 1 aliphatic carbocycles. The first-order chi connectivity index (χ1) is 8.95. The van der Waals surface area contributed by atoms with Gasteiger partial charge in [-0.3, -0.25) is 0 Å². The monoisotopic (exact) mass is 302 g/mol. The van der Waals surface area contributed by atoms with Crippen molar-refractivity contribution in [3.8, 4) is 0 Å². The van der Waals surface area contributed by atoms with Gasteiger partial charge >= 0.3 is 0 Å². The summed E-state index contributed by atoms with van der Waals surface area (Å²) in [5.74, 6) is 0.610. The highest BCUT2D eigenvalue weighted by atomic mass is 32.2. The Morgan fingerprint density at radius 2 is 2.21 bits per heavy atom. The van der Waals surface area contributed by atoms with Gasteiger partial charge in [-0.15, -0.1) is 11.3 Å². The fraction of sp³-hybridized carbons (Fsp3) is 0.692. The van der Waals surface area contributed by atoms with Crippen molar-refractivity contribution < 1.29 is 8.42 Å². The minimum Gasteiger partial charge on any atom is -0.326 e. The number of nitrogens with zero attached hydrogens (tertiary/aromatic N) is 1. The van der Waals surface area contributed by atoms with Crippen LogP contribution in [0.15, 0.2) is 15.7 Å². The van der Waals surface area contributed by atoms with Crippen molar-refractivity contribution in [1.82, 2.24) is 4.31 Å². The highest BCUT2D eigenvalue weighted by Crippen LogP contribution is 2.31. The predicted molar refractivity (Wildman–Crippen MR) is 78.6 cm³/mol. The van der Waals surface area contributed by atoms with Crippen molar-refractivity contribution >= 4 is 21.4 Å². The molecule has 1 fully saturated rings. The molecule has 2 atom stereocenters. The molecule has 0 aliphatic heterocycles. The Kier molecular flexibility index (Phi) is 4.66. The number of rotatable bonds is 4. The van der Waals surface area contributed by atoms with Crippen LogP contribution in [-0.2, 0) is 16.6 Å². The van der Waals surface area contributed by atoms with Crippen LogP contribution in [0.25, 0.3) is 0 Å². The zero-order chi connectivity index (χ0) is 14.0. The topological polar surface area (TPSA) is 63.4 Å².